The zero-order chi connectivity index (χ0) is 24.5. The van der Waals surface area contributed by atoms with Crippen molar-refractivity contribution in [3.05, 3.63) is 77.7 Å². The molecule has 0 saturated heterocycles. The largest absolute Gasteiger partial charge is 0.459 e. The van der Waals surface area contributed by atoms with Gasteiger partial charge in [-0.05, 0) is 62.7 Å². The number of benzene rings is 2. The van der Waals surface area contributed by atoms with Crippen molar-refractivity contribution in [3.8, 4) is 0 Å². The minimum Gasteiger partial charge on any atom is -0.459 e. The van der Waals surface area contributed by atoms with E-state index in [1.54, 1.807) is 57.2 Å². The van der Waals surface area contributed by atoms with Gasteiger partial charge in [0.05, 0.1) is 23.2 Å². The second kappa shape index (κ2) is 8.86. The molecule has 0 spiro atoms. The first-order chi connectivity index (χ1) is 16.2. The lowest BCUT2D eigenvalue weighted by molar-refractivity contribution is -0.128. The van der Waals surface area contributed by atoms with Crippen molar-refractivity contribution in [2.24, 2.45) is 0 Å². The van der Waals surface area contributed by atoms with Crippen molar-refractivity contribution in [1.82, 2.24) is 0 Å². The topological polar surface area (TPSA) is 118 Å². The molecule has 4 rings (SSSR count). The molecular formula is C25H23N3O6. The van der Waals surface area contributed by atoms with Gasteiger partial charge in [0, 0.05) is 5.69 Å². The lowest BCUT2D eigenvalue weighted by Gasteiger charge is -2.41. The Bertz CT molecular complexity index is 1280. The Morgan fingerprint density at radius 1 is 1.09 bits per heavy atom. The summed E-state index contributed by atoms with van der Waals surface area (Å²) < 4.78 is 10.3. The van der Waals surface area contributed by atoms with E-state index in [2.05, 4.69) is 10.6 Å². The van der Waals surface area contributed by atoms with Crippen LogP contribution in [0.4, 0.5) is 17.1 Å². The third-order valence-electron chi connectivity index (χ3n) is 5.55. The molecule has 9 heteroatoms. The van der Waals surface area contributed by atoms with Gasteiger partial charge in [-0.2, -0.15) is 0 Å². The fraction of sp³-hybridized carbons (Fsp3) is 0.200. The maximum Gasteiger partial charge on any atom is 0.338 e. The molecule has 2 aromatic carbocycles. The Labute approximate surface area is 195 Å². The van der Waals surface area contributed by atoms with Crippen LogP contribution < -0.4 is 15.5 Å². The van der Waals surface area contributed by atoms with E-state index >= 15 is 0 Å². The van der Waals surface area contributed by atoms with Gasteiger partial charge in [0.15, 0.2) is 12.4 Å². The summed E-state index contributed by atoms with van der Waals surface area (Å²) in [4.78, 5) is 51.9. The van der Waals surface area contributed by atoms with Gasteiger partial charge in [-0.25, -0.2) is 4.79 Å². The molecule has 0 bridgehead atoms. The molecule has 1 aliphatic rings. The molecule has 174 valence electrons. The number of furan rings is 1. The number of nitrogens with zero attached hydrogens (tertiary/aromatic N) is 1. The first-order valence-corrected chi connectivity index (χ1v) is 10.5. The molecule has 1 aliphatic heterocycles. The molecule has 3 amide bonds. The standard InChI is InChI=1S/C25H23N3O6/c1-15-10-11-16(13-18(15)26-22(30)20-9-6-12-33-20)23(31)34-14-21(29)28-19-8-5-4-7-17(19)27-24(32)25(28,2)3/h4-13H,14H2,1-3H3,(H,26,30)(H,27,32). The SMILES string of the molecule is Cc1ccc(C(=O)OCC(=O)N2c3ccccc3NC(=O)C2(C)C)cc1NC(=O)c1ccco1. The number of fused-ring (bicyclic) bond motifs is 1. The van der Waals surface area contributed by atoms with E-state index in [9.17, 15) is 19.2 Å². The zero-order valence-corrected chi connectivity index (χ0v) is 18.9. The number of rotatable bonds is 5. The third-order valence-corrected chi connectivity index (χ3v) is 5.55. The van der Waals surface area contributed by atoms with E-state index in [4.69, 9.17) is 9.15 Å². The number of carbonyl (C=O) groups is 4. The first kappa shape index (κ1) is 22.8. The van der Waals surface area contributed by atoms with E-state index in [1.165, 1.54) is 29.4 Å². The van der Waals surface area contributed by atoms with Crippen LogP contribution >= 0.6 is 0 Å². The van der Waals surface area contributed by atoms with Crippen LogP contribution in [-0.4, -0.2) is 35.8 Å². The highest BCUT2D eigenvalue weighted by atomic mass is 16.5. The van der Waals surface area contributed by atoms with Gasteiger partial charge in [0.25, 0.3) is 11.8 Å². The molecule has 0 unspecified atom stereocenters. The van der Waals surface area contributed by atoms with Crippen molar-refractivity contribution in [3.63, 3.8) is 0 Å². The second-order valence-electron chi connectivity index (χ2n) is 8.30. The number of para-hydroxylation sites is 2. The normalized spacial score (nSPS) is 14.1. The highest BCUT2D eigenvalue weighted by Gasteiger charge is 2.43. The summed E-state index contributed by atoms with van der Waals surface area (Å²) in [6.07, 6.45) is 1.39. The Morgan fingerprint density at radius 3 is 2.59 bits per heavy atom. The first-order valence-electron chi connectivity index (χ1n) is 10.5. The molecule has 9 nitrogen and oxygen atoms in total. The Morgan fingerprint density at radius 2 is 1.85 bits per heavy atom. The number of nitrogens with one attached hydrogen (secondary N) is 2. The average Bonchev–Trinajstić information content (AvgIpc) is 3.34. The van der Waals surface area contributed by atoms with Crippen LogP contribution in [0.25, 0.3) is 0 Å². The van der Waals surface area contributed by atoms with Crippen molar-refractivity contribution in [1.29, 1.82) is 0 Å². The Balaban J connectivity index is 1.48. The number of aryl methyl sites for hydroxylation is 1. The van der Waals surface area contributed by atoms with Crippen LogP contribution in [0.2, 0.25) is 0 Å². The van der Waals surface area contributed by atoms with Crippen molar-refractivity contribution < 1.29 is 28.3 Å². The number of anilines is 3. The number of ether oxygens (including phenoxy) is 1. The van der Waals surface area contributed by atoms with Gasteiger partial charge in [-0.1, -0.05) is 18.2 Å². The third kappa shape index (κ3) is 4.27. The molecular weight excluding hydrogens is 438 g/mol. The van der Waals surface area contributed by atoms with Gasteiger partial charge in [-0.15, -0.1) is 0 Å². The molecule has 2 heterocycles. The van der Waals surface area contributed by atoms with Crippen molar-refractivity contribution >= 4 is 40.8 Å². The lowest BCUT2D eigenvalue weighted by Crippen LogP contribution is -2.59. The molecule has 1 aromatic heterocycles. The Hall–Kier alpha value is -4.40. The maximum atomic E-state index is 13.1. The molecule has 0 atom stereocenters. The quantitative estimate of drug-likeness (QED) is 0.559. The maximum absolute atomic E-state index is 13.1. The minimum atomic E-state index is -1.18. The van der Waals surface area contributed by atoms with Gasteiger partial charge < -0.3 is 19.8 Å². The average molecular weight is 461 g/mol. The van der Waals surface area contributed by atoms with E-state index in [0.717, 1.165) is 5.56 Å². The van der Waals surface area contributed by atoms with Crippen LogP contribution in [0.5, 0.6) is 0 Å². The molecule has 0 saturated carbocycles. The van der Waals surface area contributed by atoms with Crippen molar-refractivity contribution in [2.75, 3.05) is 22.1 Å². The van der Waals surface area contributed by atoms with Crippen LogP contribution in [-0.2, 0) is 14.3 Å². The smallest absolute Gasteiger partial charge is 0.338 e. The molecule has 3 aromatic rings. The minimum absolute atomic E-state index is 0.131. The summed E-state index contributed by atoms with van der Waals surface area (Å²) in [7, 11) is 0. The molecule has 34 heavy (non-hydrogen) atoms. The van der Waals surface area contributed by atoms with Crippen molar-refractivity contribution in [2.45, 2.75) is 26.3 Å². The Kier molecular flexibility index (Phi) is 5.93. The van der Waals surface area contributed by atoms with Crippen LogP contribution in [0.1, 0.15) is 40.3 Å². The molecule has 0 aliphatic carbocycles. The molecule has 0 fully saturated rings. The van der Waals surface area contributed by atoms with Gasteiger partial charge >= 0.3 is 5.97 Å². The number of hydrogen-bond donors (Lipinski definition) is 2. The summed E-state index contributed by atoms with van der Waals surface area (Å²) in [6.45, 7) is 4.45. The van der Waals surface area contributed by atoms with Crippen LogP contribution in [0.15, 0.2) is 65.3 Å². The van der Waals surface area contributed by atoms with Crippen LogP contribution in [0.3, 0.4) is 0 Å². The highest BCUT2D eigenvalue weighted by Crippen LogP contribution is 2.36. The van der Waals surface area contributed by atoms with Gasteiger partial charge in [0.2, 0.25) is 5.91 Å². The second-order valence-corrected chi connectivity index (χ2v) is 8.30. The fourth-order valence-electron chi connectivity index (χ4n) is 3.65. The van der Waals surface area contributed by atoms with E-state index < -0.39 is 29.9 Å². The number of amides is 3. The summed E-state index contributed by atoms with van der Waals surface area (Å²) in [6, 6.07) is 14.7. The van der Waals surface area contributed by atoms with E-state index in [-0.39, 0.29) is 17.2 Å². The lowest BCUT2D eigenvalue weighted by atomic mass is 9.96. The van der Waals surface area contributed by atoms with E-state index in [1.807, 2.05) is 0 Å². The number of hydrogen-bond acceptors (Lipinski definition) is 6. The van der Waals surface area contributed by atoms with Gasteiger partial charge in [-0.3, -0.25) is 19.3 Å². The van der Waals surface area contributed by atoms with Crippen LogP contribution in [0, 0.1) is 6.92 Å². The fourth-order valence-corrected chi connectivity index (χ4v) is 3.65. The number of esters is 1. The highest BCUT2D eigenvalue weighted by molar-refractivity contribution is 6.14. The van der Waals surface area contributed by atoms with Gasteiger partial charge in [0.1, 0.15) is 5.54 Å². The summed E-state index contributed by atoms with van der Waals surface area (Å²) >= 11 is 0. The predicted octanol–water partition coefficient (Wildman–Crippen LogP) is 3.76. The summed E-state index contributed by atoms with van der Waals surface area (Å²) in [5.41, 5.74) is 1.14. The number of carbonyl (C=O) groups excluding carboxylic acids is 4. The zero-order valence-electron chi connectivity index (χ0n) is 18.9. The monoisotopic (exact) mass is 461 g/mol. The molecule has 0 radical (unpaired) electrons. The summed E-state index contributed by atoms with van der Waals surface area (Å²) in [5, 5.41) is 5.47. The van der Waals surface area contributed by atoms with E-state index in [0.29, 0.717) is 17.1 Å². The summed E-state index contributed by atoms with van der Waals surface area (Å²) in [5.74, 6) is -1.96. The predicted molar refractivity (Wildman–Crippen MR) is 125 cm³/mol. The molecule has 2 N–H and O–H groups in total.